The van der Waals surface area contributed by atoms with Gasteiger partial charge in [0.25, 0.3) is 5.91 Å². The third-order valence-electron chi connectivity index (χ3n) is 2.89. The van der Waals surface area contributed by atoms with Gasteiger partial charge in [0.2, 0.25) is 0 Å². The molecule has 1 amide bonds. The molecular formula is C15H13Cl2NO. The van der Waals surface area contributed by atoms with Crippen molar-refractivity contribution in [2.24, 2.45) is 0 Å². The second-order valence-electron chi connectivity index (χ2n) is 4.20. The minimum Gasteiger partial charge on any atom is -0.322 e. The second kappa shape index (κ2) is 6.09. The van der Waals surface area contributed by atoms with Crippen LogP contribution in [-0.4, -0.2) is 5.91 Å². The van der Waals surface area contributed by atoms with Gasteiger partial charge in [0, 0.05) is 22.2 Å². The smallest absolute Gasteiger partial charge is 0.255 e. The van der Waals surface area contributed by atoms with Crippen LogP contribution in [0, 0.1) is 6.92 Å². The summed E-state index contributed by atoms with van der Waals surface area (Å²) in [4.78, 5) is 12.1. The molecule has 0 saturated carbocycles. The van der Waals surface area contributed by atoms with Crippen molar-refractivity contribution in [2.45, 2.75) is 12.8 Å². The topological polar surface area (TPSA) is 29.1 Å². The highest BCUT2D eigenvalue weighted by Gasteiger charge is 2.08. The lowest BCUT2D eigenvalue weighted by molar-refractivity contribution is 0.102. The van der Waals surface area contributed by atoms with Crippen LogP contribution in [0.5, 0.6) is 0 Å². The zero-order chi connectivity index (χ0) is 13.8. The van der Waals surface area contributed by atoms with E-state index in [4.69, 9.17) is 23.2 Å². The maximum Gasteiger partial charge on any atom is 0.255 e. The summed E-state index contributed by atoms with van der Waals surface area (Å²) >= 11 is 11.7. The van der Waals surface area contributed by atoms with E-state index in [1.807, 2.05) is 31.2 Å². The predicted molar refractivity (Wildman–Crippen MR) is 80.1 cm³/mol. The summed E-state index contributed by atoms with van der Waals surface area (Å²) in [5.74, 6) is 0.279. The van der Waals surface area contributed by atoms with Gasteiger partial charge < -0.3 is 5.32 Å². The first-order valence-corrected chi connectivity index (χ1v) is 6.74. The Morgan fingerprint density at radius 2 is 1.84 bits per heavy atom. The molecule has 98 valence electrons. The van der Waals surface area contributed by atoms with Crippen molar-refractivity contribution < 1.29 is 4.79 Å². The average molecular weight is 294 g/mol. The number of halogens is 2. The van der Waals surface area contributed by atoms with Crippen molar-refractivity contribution in [1.29, 1.82) is 0 Å². The molecule has 4 heteroatoms. The maximum atomic E-state index is 12.1. The molecule has 0 heterocycles. The minimum absolute atomic E-state index is 0.161. The molecule has 0 saturated heterocycles. The number of rotatable bonds is 3. The van der Waals surface area contributed by atoms with Gasteiger partial charge in [-0.05, 0) is 42.3 Å². The van der Waals surface area contributed by atoms with Crippen LogP contribution in [0.15, 0.2) is 42.5 Å². The SMILES string of the molecule is Cc1c(Cl)cccc1NC(=O)c1ccc(CCl)cc1. The summed E-state index contributed by atoms with van der Waals surface area (Å²) in [5.41, 5.74) is 3.15. The highest BCUT2D eigenvalue weighted by atomic mass is 35.5. The van der Waals surface area contributed by atoms with Crippen molar-refractivity contribution >= 4 is 34.8 Å². The molecule has 2 aromatic rings. The fraction of sp³-hybridized carbons (Fsp3) is 0.133. The first-order valence-electron chi connectivity index (χ1n) is 5.83. The molecule has 19 heavy (non-hydrogen) atoms. The first-order chi connectivity index (χ1) is 9.11. The number of hydrogen-bond acceptors (Lipinski definition) is 1. The van der Waals surface area contributed by atoms with E-state index in [9.17, 15) is 4.79 Å². The van der Waals surface area contributed by atoms with E-state index in [2.05, 4.69) is 5.32 Å². The summed E-state index contributed by atoms with van der Waals surface area (Å²) < 4.78 is 0. The van der Waals surface area contributed by atoms with Gasteiger partial charge in [0.15, 0.2) is 0 Å². The number of hydrogen-bond donors (Lipinski definition) is 1. The maximum absolute atomic E-state index is 12.1. The number of benzene rings is 2. The highest BCUT2D eigenvalue weighted by molar-refractivity contribution is 6.31. The van der Waals surface area contributed by atoms with Crippen LogP contribution in [0.2, 0.25) is 5.02 Å². The highest BCUT2D eigenvalue weighted by Crippen LogP contribution is 2.23. The number of anilines is 1. The molecular weight excluding hydrogens is 281 g/mol. The number of carbonyl (C=O) groups excluding carboxylic acids is 1. The Balaban J connectivity index is 2.18. The van der Waals surface area contributed by atoms with Crippen LogP contribution in [0.25, 0.3) is 0 Å². The van der Waals surface area contributed by atoms with Gasteiger partial charge in [0.05, 0.1) is 0 Å². The molecule has 0 unspecified atom stereocenters. The predicted octanol–water partition coefficient (Wildman–Crippen LogP) is 4.64. The number of alkyl halides is 1. The lowest BCUT2D eigenvalue weighted by Gasteiger charge is -2.09. The van der Waals surface area contributed by atoms with Crippen LogP contribution in [0.1, 0.15) is 21.5 Å². The average Bonchev–Trinajstić information content (AvgIpc) is 2.44. The lowest BCUT2D eigenvalue weighted by Crippen LogP contribution is -2.12. The van der Waals surface area contributed by atoms with Crippen molar-refractivity contribution in [3.8, 4) is 0 Å². The zero-order valence-electron chi connectivity index (χ0n) is 10.4. The summed E-state index contributed by atoms with van der Waals surface area (Å²) in [6.45, 7) is 1.87. The van der Waals surface area contributed by atoms with Gasteiger partial charge in [-0.25, -0.2) is 0 Å². The van der Waals surface area contributed by atoms with Crippen molar-refractivity contribution in [1.82, 2.24) is 0 Å². The van der Waals surface area contributed by atoms with Gasteiger partial charge in [-0.2, -0.15) is 0 Å². The van der Waals surface area contributed by atoms with Crippen LogP contribution >= 0.6 is 23.2 Å². The number of carbonyl (C=O) groups is 1. The van der Waals surface area contributed by atoms with Crippen molar-refractivity contribution in [3.05, 3.63) is 64.2 Å². The van der Waals surface area contributed by atoms with E-state index in [0.717, 1.165) is 16.8 Å². The van der Waals surface area contributed by atoms with E-state index < -0.39 is 0 Å². The Morgan fingerprint density at radius 1 is 1.16 bits per heavy atom. The van der Waals surface area contributed by atoms with E-state index in [0.29, 0.717) is 16.5 Å². The Kier molecular flexibility index (Phi) is 4.46. The summed E-state index contributed by atoms with van der Waals surface area (Å²) in [6, 6.07) is 12.6. The van der Waals surface area contributed by atoms with Gasteiger partial charge in [-0.15, -0.1) is 11.6 Å². The molecule has 2 nitrogen and oxygen atoms in total. The van der Waals surface area contributed by atoms with Crippen LogP contribution in [-0.2, 0) is 5.88 Å². The Bertz CT molecular complexity index is 594. The monoisotopic (exact) mass is 293 g/mol. The fourth-order valence-corrected chi connectivity index (χ4v) is 2.04. The van der Waals surface area contributed by atoms with E-state index in [-0.39, 0.29) is 5.91 Å². The third-order valence-corrected chi connectivity index (χ3v) is 3.60. The second-order valence-corrected chi connectivity index (χ2v) is 4.87. The van der Waals surface area contributed by atoms with Gasteiger partial charge in [0.1, 0.15) is 0 Å². The molecule has 0 radical (unpaired) electrons. The van der Waals surface area contributed by atoms with Gasteiger partial charge in [-0.3, -0.25) is 4.79 Å². The minimum atomic E-state index is -0.161. The fourth-order valence-electron chi connectivity index (χ4n) is 1.68. The van der Waals surface area contributed by atoms with Crippen molar-refractivity contribution in [2.75, 3.05) is 5.32 Å². The van der Waals surface area contributed by atoms with E-state index in [1.54, 1.807) is 18.2 Å². The quantitative estimate of drug-likeness (QED) is 0.821. The van der Waals surface area contributed by atoms with E-state index >= 15 is 0 Å². The molecule has 1 N–H and O–H groups in total. The molecule has 0 aliphatic carbocycles. The van der Waals surface area contributed by atoms with Gasteiger partial charge >= 0.3 is 0 Å². The molecule has 0 atom stereocenters. The Morgan fingerprint density at radius 3 is 2.47 bits per heavy atom. The third kappa shape index (κ3) is 3.28. The summed E-state index contributed by atoms with van der Waals surface area (Å²) in [5, 5.41) is 3.48. The first kappa shape index (κ1) is 13.9. The van der Waals surface area contributed by atoms with Crippen LogP contribution in [0.4, 0.5) is 5.69 Å². The Hall–Kier alpha value is -1.51. The van der Waals surface area contributed by atoms with Crippen LogP contribution in [0.3, 0.4) is 0 Å². The Labute approximate surface area is 122 Å². The molecule has 0 fully saturated rings. The number of amides is 1. The zero-order valence-corrected chi connectivity index (χ0v) is 11.9. The van der Waals surface area contributed by atoms with Crippen molar-refractivity contribution in [3.63, 3.8) is 0 Å². The normalized spacial score (nSPS) is 10.3. The van der Waals surface area contributed by atoms with Gasteiger partial charge in [-0.1, -0.05) is 29.8 Å². The van der Waals surface area contributed by atoms with Crippen LogP contribution < -0.4 is 5.32 Å². The molecule has 0 aromatic heterocycles. The standard InChI is InChI=1S/C15H13Cl2NO/c1-10-13(17)3-2-4-14(10)18-15(19)12-7-5-11(9-16)6-8-12/h2-8H,9H2,1H3,(H,18,19). The van der Waals surface area contributed by atoms with E-state index in [1.165, 1.54) is 0 Å². The molecule has 0 bridgehead atoms. The largest absolute Gasteiger partial charge is 0.322 e. The molecule has 0 aliphatic rings. The molecule has 0 spiro atoms. The summed E-state index contributed by atoms with van der Waals surface area (Å²) in [7, 11) is 0. The lowest BCUT2D eigenvalue weighted by atomic mass is 10.1. The molecule has 2 rings (SSSR count). The molecule has 0 aliphatic heterocycles. The number of nitrogens with one attached hydrogen (secondary N) is 1. The summed E-state index contributed by atoms with van der Waals surface area (Å²) in [6.07, 6.45) is 0. The molecule has 2 aromatic carbocycles.